The number of ketones is 1. The van der Waals surface area contributed by atoms with E-state index in [4.69, 9.17) is 4.74 Å². The topological polar surface area (TPSA) is 26.3 Å². The predicted molar refractivity (Wildman–Crippen MR) is 55.7 cm³/mol. The molecule has 0 saturated carbocycles. The first-order chi connectivity index (χ1) is 6.06. The summed E-state index contributed by atoms with van der Waals surface area (Å²) in [7, 11) is 1.45. The van der Waals surface area contributed by atoms with Crippen molar-refractivity contribution >= 4 is 28.4 Å². The molecule has 1 rings (SSSR count). The highest BCUT2D eigenvalue weighted by molar-refractivity contribution is 14.1. The van der Waals surface area contributed by atoms with E-state index in [1.165, 1.54) is 26.2 Å². The Kier molecular flexibility index (Phi) is 3.24. The van der Waals surface area contributed by atoms with E-state index in [0.717, 1.165) is 0 Å². The Balaban J connectivity index is 3.35. The van der Waals surface area contributed by atoms with Crippen LogP contribution in [0.5, 0.6) is 5.75 Å². The molecule has 0 fully saturated rings. The maximum Gasteiger partial charge on any atom is 0.161 e. The first-order valence-electron chi connectivity index (χ1n) is 3.60. The van der Waals surface area contributed by atoms with Gasteiger partial charge in [-0.05, 0) is 35.6 Å². The molecule has 0 radical (unpaired) electrons. The monoisotopic (exact) mass is 294 g/mol. The van der Waals surface area contributed by atoms with Crippen molar-refractivity contribution in [2.24, 2.45) is 0 Å². The van der Waals surface area contributed by atoms with Gasteiger partial charge < -0.3 is 4.74 Å². The molecule has 0 bridgehead atoms. The van der Waals surface area contributed by atoms with Crippen LogP contribution in [-0.4, -0.2) is 12.9 Å². The van der Waals surface area contributed by atoms with Gasteiger partial charge in [0.25, 0.3) is 0 Å². The number of carbonyl (C=O) groups is 1. The Hall–Kier alpha value is -0.650. The van der Waals surface area contributed by atoms with Crippen molar-refractivity contribution in [3.05, 3.63) is 27.1 Å². The number of ether oxygens (including phenoxy) is 1. The summed E-state index contributed by atoms with van der Waals surface area (Å²) in [5.74, 6) is -0.226. The standard InChI is InChI=1S/C9H8FIO2/c1-5(12)7-3-6(10)4-8(13-2)9(7)11/h3-4H,1-2H3. The maximum absolute atomic E-state index is 12.9. The van der Waals surface area contributed by atoms with Crippen molar-refractivity contribution in [3.8, 4) is 5.75 Å². The van der Waals surface area contributed by atoms with E-state index in [-0.39, 0.29) is 5.78 Å². The summed E-state index contributed by atoms with van der Waals surface area (Å²) in [6.07, 6.45) is 0. The van der Waals surface area contributed by atoms with Gasteiger partial charge in [-0.25, -0.2) is 4.39 Å². The molecule has 0 aliphatic heterocycles. The molecule has 0 saturated heterocycles. The minimum Gasteiger partial charge on any atom is -0.496 e. The van der Waals surface area contributed by atoms with Gasteiger partial charge in [0.05, 0.1) is 10.7 Å². The molecular weight excluding hydrogens is 286 g/mol. The van der Waals surface area contributed by atoms with Crippen LogP contribution in [0, 0.1) is 9.39 Å². The molecule has 0 aromatic heterocycles. The van der Waals surface area contributed by atoms with Gasteiger partial charge in [0.1, 0.15) is 11.6 Å². The van der Waals surface area contributed by atoms with Crippen LogP contribution in [0.15, 0.2) is 12.1 Å². The average molecular weight is 294 g/mol. The summed E-state index contributed by atoms with van der Waals surface area (Å²) >= 11 is 1.96. The van der Waals surface area contributed by atoms with Crippen LogP contribution < -0.4 is 4.74 Å². The predicted octanol–water partition coefficient (Wildman–Crippen LogP) is 2.64. The lowest BCUT2D eigenvalue weighted by Crippen LogP contribution is -2.00. The van der Waals surface area contributed by atoms with Crippen molar-refractivity contribution in [1.29, 1.82) is 0 Å². The molecule has 0 amide bonds. The molecule has 4 heteroatoms. The second-order valence-corrected chi connectivity index (χ2v) is 3.60. The molecule has 0 unspecified atom stereocenters. The van der Waals surface area contributed by atoms with Gasteiger partial charge >= 0.3 is 0 Å². The number of hydrogen-bond donors (Lipinski definition) is 0. The lowest BCUT2D eigenvalue weighted by atomic mass is 10.1. The number of rotatable bonds is 2. The van der Waals surface area contributed by atoms with E-state index in [1.54, 1.807) is 0 Å². The summed E-state index contributed by atoms with van der Waals surface area (Å²) in [5.41, 5.74) is 0.359. The van der Waals surface area contributed by atoms with Crippen LogP contribution >= 0.6 is 22.6 Å². The zero-order valence-corrected chi connectivity index (χ0v) is 9.38. The van der Waals surface area contributed by atoms with E-state index in [2.05, 4.69) is 0 Å². The van der Waals surface area contributed by atoms with Crippen molar-refractivity contribution in [1.82, 2.24) is 0 Å². The zero-order valence-electron chi connectivity index (χ0n) is 7.23. The zero-order chi connectivity index (χ0) is 10.0. The number of halogens is 2. The van der Waals surface area contributed by atoms with Crippen molar-refractivity contribution in [2.45, 2.75) is 6.92 Å². The highest BCUT2D eigenvalue weighted by Gasteiger charge is 2.12. The molecule has 0 aliphatic carbocycles. The van der Waals surface area contributed by atoms with Crippen LogP contribution in [0.25, 0.3) is 0 Å². The Labute approximate surface area is 89.2 Å². The summed E-state index contributed by atoms with van der Waals surface area (Å²) in [6, 6.07) is 2.47. The van der Waals surface area contributed by atoms with Crippen molar-refractivity contribution in [2.75, 3.05) is 7.11 Å². The van der Waals surface area contributed by atoms with Crippen LogP contribution in [0.4, 0.5) is 4.39 Å². The summed E-state index contributed by atoms with van der Waals surface area (Å²) in [6.45, 7) is 1.40. The third-order valence-corrected chi connectivity index (χ3v) is 2.72. The lowest BCUT2D eigenvalue weighted by Gasteiger charge is -2.06. The summed E-state index contributed by atoms with van der Waals surface area (Å²) in [5, 5.41) is 0. The smallest absolute Gasteiger partial charge is 0.161 e. The van der Waals surface area contributed by atoms with Crippen LogP contribution in [0.2, 0.25) is 0 Å². The molecule has 70 valence electrons. The maximum atomic E-state index is 12.9. The SMILES string of the molecule is COc1cc(F)cc(C(C)=O)c1I. The van der Waals surface area contributed by atoms with E-state index in [9.17, 15) is 9.18 Å². The molecule has 0 N–H and O–H groups in total. The molecule has 2 nitrogen and oxygen atoms in total. The second-order valence-electron chi connectivity index (χ2n) is 2.53. The van der Waals surface area contributed by atoms with Crippen LogP contribution in [-0.2, 0) is 0 Å². The Morgan fingerprint density at radius 1 is 1.54 bits per heavy atom. The number of Topliss-reactive ketones (excluding diaryl/α,β-unsaturated/α-hetero) is 1. The number of methoxy groups -OCH3 is 1. The molecule has 13 heavy (non-hydrogen) atoms. The Morgan fingerprint density at radius 3 is 2.62 bits per heavy atom. The first kappa shape index (κ1) is 10.4. The molecule has 0 aliphatic rings. The molecule has 0 spiro atoms. The number of hydrogen-bond acceptors (Lipinski definition) is 2. The molecule has 1 aromatic rings. The van der Waals surface area contributed by atoms with E-state index >= 15 is 0 Å². The van der Waals surface area contributed by atoms with Gasteiger partial charge in [-0.2, -0.15) is 0 Å². The Bertz CT molecular complexity index is 350. The number of benzene rings is 1. The van der Waals surface area contributed by atoms with Gasteiger partial charge in [-0.1, -0.05) is 0 Å². The fourth-order valence-electron chi connectivity index (χ4n) is 0.969. The van der Waals surface area contributed by atoms with E-state index in [0.29, 0.717) is 14.9 Å². The van der Waals surface area contributed by atoms with Gasteiger partial charge in [0.15, 0.2) is 5.78 Å². The molecular formula is C9H8FIO2. The van der Waals surface area contributed by atoms with Gasteiger partial charge in [0, 0.05) is 11.6 Å². The van der Waals surface area contributed by atoms with E-state index < -0.39 is 5.82 Å². The largest absolute Gasteiger partial charge is 0.496 e. The summed E-state index contributed by atoms with van der Waals surface area (Å²) < 4.78 is 18.5. The normalized spacial score (nSPS) is 9.85. The first-order valence-corrected chi connectivity index (χ1v) is 4.68. The lowest BCUT2D eigenvalue weighted by molar-refractivity contribution is 0.101. The molecule has 0 heterocycles. The van der Waals surface area contributed by atoms with Crippen LogP contribution in [0.3, 0.4) is 0 Å². The van der Waals surface area contributed by atoms with Gasteiger partial charge in [0.2, 0.25) is 0 Å². The second kappa shape index (κ2) is 4.04. The summed E-state index contributed by atoms with van der Waals surface area (Å²) in [4.78, 5) is 11.1. The average Bonchev–Trinajstić information content (AvgIpc) is 2.08. The minimum absolute atomic E-state index is 0.165. The Morgan fingerprint density at radius 2 is 2.15 bits per heavy atom. The fourth-order valence-corrected chi connectivity index (χ4v) is 1.88. The van der Waals surface area contributed by atoms with Crippen molar-refractivity contribution in [3.63, 3.8) is 0 Å². The highest BCUT2D eigenvalue weighted by Crippen LogP contribution is 2.25. The van der Waals surface area contributed by atoms with Crippen LogP contribution in [0.1, 0.15) is 17.3 Å². The fraction of sp³-hybridized carbons (Fsp3) is 0.222. The van der Waals surface area contributed by atoms with E-state index in [1.807, 2.05) is 22.6 Å². The number of carbonyl (C=O) groups excluding carboxylic acids is 1. The third kappa shape index (κ3) is 2.18. The quantitative estimate of drug-likeness (QED) is 0.619. The van der Waals surface area contributed by atoms with Gasteiger partial charge in [-0.15, -0.1) is 0 Å². The minimum atomic E-state index is -0.456. The van der Waals surface area contributed by atoms with Gasteiger partial charge in [-0.3, -0.25) is 4.79 Å². The third-order valence-electron chi connectivity index (χ3n) is 1.60. The van der Waals surface area contributed by atoms with Crippen molar-refractivity contribution < 1.29 is 13.9 Å². The highest BCUT2D eigenvalue weighted by atomic mass is 127. The molecule has 1 aromatic carbocycles. The molecule has 0 atom stereocenters.